The number of fused-ring (bicyclic) bond motifs is 1. The number of aromatic amines is 2. The van der Waals surface area contributed by atoms with Crippen LogP contribution in [0.2, 0.25) is 0 Å². The molecule has 1 amide bonds. The molecule has 0 bridgehead atoms. The van der Waals surface area contributed by atoms with Gasteiger partial charge in [-0.3, -0.25) is 4.79 Å². The number of amides is 1. The number of benzene rings is 2. The summed E-state index contributed by atoms with van der Waals surface area (Å²) in [6.07, 6.45) is 5.79. The second-order valence-corrected chi connectivity index (χ2v) is 7.85. The maximum atomic E-state index is 13.1. The van der Waals surface area contributed by atoms with Gasteiger partial charge in [-0.05, 0) is 37.5 Å². The molecule has 0 saturated carbocycles. The summed E-state index contributed by atoms with van der Waals surface area (Å²) in [6, 6.07) is 16.3. The Morgan fingerprint density at radius 1 is 1.10 bits per heavy atom. The van der Waals surface area contributed by atoms with Crippen molar-refractivity contribution in [1.29, 1.82) is 0 Å². The molecule has 3 heterocycles. The van der Waals surface area contributed by atoms with Crippen LogP contribution < -0.4 is 0 Å². The zero-order chi connectivity index (χ0) is 19.8. The number of aryl methyl sites for hydroxylation is 1. The van der Waals surface area contributed by atoms with Crippen LogP contribution in [0, 0.1) is 6.92 Å². The number of imidazole rings is 1. The van der Waals surface area contributed by atoms with E-state index in [1.807, 2.05) is 54.5 Å². The highest BCUT2D eigenvalue weighted by Gasteiger charge is 2.26. The summed E-state index contributed by atoms with van der Waals surface area (Å²) in [5.74, 6) is 1.57. The number of nitrogens with one attached hydrogen (secondary N) is 2. The van der Waals surface area contributed by atoms with E-state index in [4.69, 9.17) is 0 Å². The van der Waals surface area contributed by atoms with E-state index in [1.165, 1.54) is 5.56 Å². The fraction of sp³-hybridized carbons (Fsp3) is 0.250. The summed E-state index contributed by atoms with van der Waals surface area (Å²) in [6.45, 7) is 3.55. The molecule has 0 radical (unpaired) electrons. The van der Waals surface area contributed by atoms with E-state index in [-0.39, 0.29) is 5.91 Å². The molecule has 0 aliphatic carbocycles. The first kappa shape index (κ1) is 17.7. The van der Waals surface area contributed by atoms with Crippen LogP contribution in [0.4, 0.5) is 0 Å². The Bertz CT molecular complexity index is 1150. The van der Waals surface area contributed by atoms with Crippen LogP contribution >= 0.6 is 0 Å². The van der Waals surface area contributed by atoms with E-state index in [2.05, 4.69) is 33.2 Å². The van der Waals surface area contributed by atoms with Crippen LogP contribution in [-0.2, 0) is 0 Å². The second kappa shape index (κ2) is 7.24. The number of likely N-dealkylation sites (tertiary alicyclic amines) is 1. The number of nitrogens with zero attached hydrogens (tertiary/aromatic N) is 2. The van der Waals surface area contributed by atoms with Crippen molar-refractivity contribution >= 4 is 16.8 Å². The summed E-state index contributed by atoms with van der Waals surface area (Å²) >= 11 is 0. The van der Waals surface area contributed by atoms with Crippen LogP contribution in [-0.4, -0.2) is 38.8 Å². The lowest BCUT2D eigenvalue weighted by atomic mass is 9.95. The molecular formula is C24H24N4O. The van der Waals surface area contributed by atoms with Crippen LogP contribution in [0.1, 0.15) is 40.6 Å². The second-order valence-electron chi connectivity index (χ2n) is 7.85. The van der Waals surface area contributed by atoms with Gasteiger partial charge < -0.3 is 14.9 Å². The molecule has 0 spiro atoms. The zero-order valence-electron chi connectivity index (χ0n) is 16.5. The van der Waals surface area contributed by atoms with Gasteiger partial charge in [-0.25, -0.2) is 4.98 Å². The van der Waals surface area contributed by atoms with Gasteiger partial charge in [-0.2, -0.15) is 0 Å². The van der Waals surface area contributed by atoms with Crippen molar-refractivity contribution in [3.63, 3.8) is 0 Å². The van der Waals surface area contributed by atoms with Crippen molar-refractivity contribution in [2.45, 2.75) is 25.7 Å². The standard InChI is InChI=1S/C24H24N4O/c1-16-14-26-23(27-16)18-9-11-28(12-10-18)24(29)19-7-8-20-21(15-25-22(20)13-19)17-5-3-2-4-6-17/h2-8,13-15,18,25H,9-12H2,1H3,(H,26,27). The number of rotatable bonds is 3. The van der Waals surface area contributed by atoms with Crippen molar-refractivity contribution in [3.8, 4) is 11.1 Å². The minimum absolute atomic E-state index is 0.108. The lowest BCUT2D eigenvalue weighted by Gasteiger charge is -2.31. The number of hydrogen-bond acceptors (Lipinski definition) is 2. The highest BCUT2D eigenvalue weighted by molar-refractivity contribution is 6.02. The molecule has 5 heteroatoms. The molecule has 1 aliphatic rings. The summed E-state index contributed by atoms with van der Waals surface area (Å²) in [4.78, 5) is 26.2. The molecule has 5 nitrogen and oxygen atoms in total. The molecule has 146 valence electrons. The highest BCUT2D eigenvalue weighted by atomic mass is 16.2. The third kappa shape index (κ3) is 3.33. The largest absolute Gasteiger partial charge is 0.361 e. The van der Waals surface area contributed by atoms with Crippen molar-refractivity contribution in [2.75, 3.05) is 13.1 Å². The van der Waals surface area contributed by atoms with Gasteiger partial charge in [0.15, 0.2) is 0 Å². The predicted molar refractivity (Wildman–Crippen MR) is 115 cm³/mol. The van der Waals surface area contributed by atoms with E-state index < -0.39 is 0 Å². The van der Waals surface area contributed by atoms with E-state index in [1.54, 1.807) is 0 Å². The Morgan fingerprint density at radius 3 is 2.62 bits per heavy atom. The first-order valence-corrected chi connectivity index (χ1v) is 10.2. The molecule has 1 saturated heterocycles. The van der Waals surface area contributed by atoms with Crippen LogP contribution in [0.25, 0.3) is 22.0 Å². The number of hydrogen-bond donors (Lipinski definition) is 2. The topological polar surface area (TPSA) is 64.8 Å². The summed E-state index contributed by atoms with van der Waals surface area (Å²) in [5.41, 5.74) is 5.16. The fourth-order valence-electron chi connectivity index (χ4n) is 4.29. The van der Waals surface area contributed by atoms with Crippen molar-refractivity contribution < 1.29 is 4.79 Å². The maximum Gasteiger partial charge on any atom is 0.253 e. The van der Waals surface area contributed by atoms with Gasteiger partial charge in [0.1, 0.15) is 5.82 Å². The average Bonchev–Trinajstić information content (AvgIpc) is 3.40. The first-order valence-electron chi connectivity index (χ1n) is 10.2. The van der Waals surface area contributed by atoms with E-state index in [0.29, 0.717) is 5.92 Å². The Morgan fingerprint density at radius 2 is 1.90 bits per heavy atom. The van der Waals surface area contributed by atoms with Crippen molar-refractivity contribution in [1.82, 2.24) is 19.9 Å². The van der Waals surface area contributed by atoms with Gasteiger partial charge in [0, 0.05) is 59.1 Å². The van der Waals surface area contributed by atoms with Crippen molar-refractivity contribution in [2.24, 2.45) is 0 Å². The SMILES string of the molecule is Cc1cnc(C2CCN(C(=O)c3ccc4c(-c5ccccc5)c[nH]c4c3)CC2)[nH]1. The Hall–Kier alpha value is -3.34. The lowest BCUT2D eigenvalue weighted by Crippen LogP contribution is -2.38. The molecule has 5 rings (SSSR count). The number of aromatic nitrogens is 3. The van der Waals surface area contributed by atoms with E-state index >= 15 is 0 Å². The van der Waals surface area contributed by atoms with Crippen LogP contribution in [0.15, 0.2) is 60.9 Å². The summed E-state index contributed by atoms with van der Waals surface area (Å²) < 4.78 is 0. The van der Waals surface area contributed by atoms with Crippen molar-refractivity contribution in [3.05, 3.63) is 78.0 Å². The minimum atomic E-state index is 0.108. The Kier molecular flexibility index (Phi) is 4.43. The Labute approximate surface area is 169 Å². The van der Waals surface area contributed by atoms with E-state index in [9.17, 15) is 4.79 Å². The molecule has 1 aliphatic heterocycles. The molecule has 0 unspecified atom stereocenters. The molecular weight excluding hydrogens is 360 g/mol. The molecule has 2 aromatic heterocycles. The molecule has 0 atom stereocenters. The number of piperidine rings is 1. The predicted octanol–water partition coefficient (Wildman–Crippen LogP) is 4.89. The number of carbonyl (C=O) groups excluding carboxylic acids is 1. The van der Waals surface area contributed by atoms with Gasteiger partial charge in [-0.1, -0.05) is 36.4 Å². The van der Waals surface area contributed by atoms with Gasteiger partial charge in [-0.15, -0.1) is 0 Å². The molecule has 1 fully saturated rings. The average molecular weight is 384 g/mol. The third-order valence-corrected chi connectivity index (χ3v) is 5.90. The smallest absolute Gasteiger partial charge is 0.253 e. The fourth-order valence-corrected chi connectivity index (χ4v) is 4.29. The number of carbonyl (C=O) groups is 1. The van der Waals surface area contributed by atoms with Gasteiger partial charge in [0.25, 0.3) is 5.91 Å². The lowest BCUT2D eigenvalue weighted by molar-refractivity contribution is 0.0711. The molecule has 4 aromatic rings. The minimum Gasteiger partial charge on any atom is -0.361 e. The maximum absolute atomic E-state index is 13.1. The zero-order valence-corrected chi connectivity index (χ0v) is 16.5. The van der Waals surface area contributed by atoms with Gasteiger partial charge in [0.2, 0.25) is 0 Å². The Balaban J connectivity index is 1.33. The van der Waals surface area contributed by atoms with Gasteiger partial charge in [0.05, 0.1) is 0 Å². The third-order valence-electron chi connectivity index (χ3n) is 5.90. The molecule has 29 heavy (non-hydrogen) atoms. The normalized spacial score (nSPS) is 15.1. The number of H-pyrrole nitrogens is 2. The highest BCUT2D eigenvalue weighted by Crippen LogP contribution is 2.30. The van der Waals surface area contributed by atoms with E-state index in [0.717, 1.165) is 59.5 Å². The first-order chi connectivity index (χ1) is 14.2. The molecule has 2 N–H and O–H groups in total. The van der Waals surface area contributed by atoms with Crippen LogP contribution in [0.5, 0.6) is 0 Å². The summed E-state index contributed by atoms with van der Waals surface area (Å²) in [5, 5.41) is 1.14. The monoisotopic (exact) mass is 384 g/mol. The quantitative estimate of drug-likeness (QED) is 0.528. The van der Waals surface area contributed by atoms with Gasteiger partial charge >= 0.3 is 0 Å². The summed E-state index contributed by atoms with van der Waals surface area (Å²) in [7, 11) is 0. The molecule has 2 aromatic carbocycles. The van der Waals surface area contributed by atoms with Crippen LogP contribution in [0.3, 0.4) is 0 Å².